The number of ether oxygens (including phenoxy) is 2. The molecule has 0 radical (unpaired) electrons. The molecular weight excluding hydrogens is 290 g/mol. The predicted molar refractivity (Wildman–Crippen MR) is 89.2 cm³/mol. The lowest BCUT2D eigenvalue weighted by molar-refractivity contribution is 0.0946. The van der Waals surface area contributed by atoms with Gasteiger partial charge in [0, 0.05) is 12.0 Å². The molecule has 1 aliphatic carbocycles. The van der Waals surface area contributed by atoms with Crippen molar-refractivity contribution >= 4 is 5.91 Å². The average Bonchev–Trinajstić information content (AvgIpc) is 3.41. The minimum atomic E-state index is -0.0952. The largest absolute Gasteiger partial charge is 0.497 e. The van der Waals surface area contributed by atoms with E-state index in [1.54, 1.807) is 26.4 Å². The van der Waals surface area contributed by atoms with Gasteiger partial charge in [-0.2, -0.15) is 0 Å². The maximum atomic E-state index is 12.4. The minimum absolute atomic E-state index is 0.0595. The van der Waals surface area contributed by atoms with Crippen LogP contribution in [-0.2, 0) is 5.41 Å². The Kier molecular flexibility index (Phi) is 4.24. The zero-order valence-electron chi connectivity index (χ0n) is 13.5. The quantitative estimate of drug-likeness (QED) is 0.891. The summed E-state index contributed by atoms with van der Waals surface area (Å²) in [5, 5.41) is 3.05. The van der Waals surface area contributed by atoms with Crippen molar-refractivity contribution in [2.45, 2.75) is 18.3 Å². The highest BCUT2D eigenvalue weighted by atomic mass is 16.5. The van der Waals surface area contributed by atoms with Crippen LogP contribution in [0.4, 0.5) is 0 Å². The SMILES string of the molecule is COc1ccc(C2(CNC(=O)c3ccccc3OC)CC2)cc1. The summed E-state index contributed by atoms with van der Waals surface area (Å²) >= 11 is 0. The number of nitrogens with one attached hydrogen (secondary N) is 1. The zero-order chi connectivity index (χ0) is 16.3. The van der Waals surface area contributed by atoms with Crippen molar-refractivity contribution in [3.05, 3.63) is 59.7 Å². The third kappa shape index (κ3) is 3.16. The molecular formula is C19H21NO3. The summed E-state index contributed by atoms with van der Waals surface area (Å²) in [6.45, 7) is 0.635. The van der Waals surface area contributed by atoms with Gasteiger partial charge in [0.1, 0.15) is 11.5 Å². The average molecular weight is 311 g/mol. The van der Waals surface area contributed by atoms with Gasteiger partial charge in [-0.25, -0.2) is 0 Å². The first-order valence-corrected chi connectivity index (χ1v) is 7.74. The molecule has 0 unspecified atom stereocenters. The fourth-order valence-corrected chi connectivity index (χ4v) is 2.84. The van der Waals surface area contributed by atoms with Crippen molar-refractivity contribution in [3.8, 4) is 11.5 Å². The number of rotatable bonds is 6. The Morgan fingerprint density at radius 1 is 1.04 bits per heavy atom. The molecule has 4 heteroatoms. The van der Waals surface area contributed by atoms with E-state index in [-0.39, 0.29) is 11.3 Å². The van der Waals surface area contributed by atoms with E-state index < -0.39 is 0 Å². The van der Waals surface area contributed by atoms with Crippen LogP contribution in [0.15, 0.2) is 48.5 Å². The van der Waals surface area contributed by atoms with Crippen molar-refractivity contribution in [1.82, 2.24) is 5.32 Å². The minimum Gasteiger partial charge on any atom is -0.497 e. The fraction of sp³-hybridized carbons (Fsp3) is 0.316. The van der Waals surface area contributed by atoms with Crippen LogP contribution in [0, 0.1) is 0 Å². The lowest BCUT2D eigenvalue weighted by atomic mass is 9.95. The molecule has 0 heterocycles. The molecule has 2 aromatic rings. The molecule has 0 bridgehead atoms. The number of methoxy groups -OCH3 is 2. The Labute approximate surface area is 136 Å². The van der Waals surface area contributed by atoms with Crippen LogP contribution in [-0.4, -0.2) is 26.7 Å². The first-order valence-electron chi connectivity index (χ1n) is 7.74. The Balaban J connectivity index is 1.68. The van der Waals surface area contributed by atoms with Crippen LogP contribution in [0.5, 0.6) is 11.5 Å². The molecule has 0 aromatic heterocycles. The molecule has 23 heavy (non-hydrogen) atoms. The smallest absolute Gasteiger partial charge is 0.255 e. The van der Waals surface area contributed by atoms with E-state index in [0.717, 1.165) is 18.6 Å². The lowest BCUT2D eigenvalue weighted by Gasteiger charge is -2.17. The molecule has 1 fully saturated rings. The van der Waals surface area contributed by atoms with E-state index in [0.29, 0.717) is 17.9 Å². The standard InChI is InChI=1S/C19H21NO3/c1-22-15-9-7-14(8-10-15)19(11-12-19)13-20-18(21)16-5-3-4-6-17(16)23-2/h3-10H,11-13H2,1-2H3,(H,20,21). The maximum absolute atomic E-state index is 12.4. The normalized spacial score (nSPS) is 14.9. The zero-order valence-corrected chi connectivity index (χ0v) is 13.5. The molecule has 0 spiro atoms. The Hall–Kier alpha value is -2.49. The first kappa shape index (κ1) is 15.4. The maximum Gasteiger partial charge on any atom is 0.255 e. The topological polar surface area (TPSA) is 47.6 Å². The number of carbonyl (C=O) groups excluding carboxylic acids is 1. The number of carbonyl (C=O) groups is 1. The third-order valence-electron chi connectivity index (χ3n) is 4.49. The van der Waals surface area contributed by atoms with E-state index in [1.165, 1.54) is 5.56 Å². The molecule has 1 N–H and O–H groups in total. The molecule has 1 aliphatic rings. The summed E-state index contributed by atoms with van der Waals surface area (Å²) in [5.74, 6) is 1.35. The number of amides is 1. The van der Waals surface area contributed by atoms with Gasteiger partial charge in [0.25, 0.3) is 5.91 Å². The lowest BCUT2D eigenvalue weighted by Crippen LogP contribution is -2.32. The van der Waals surface area contributed by atoms with E-state index in [9.17, 15) is 4.79 Å². The van der Waals surface area contributed by atoms with E-state index in [4.69, 9.17) is 9.47 Å². The van der Waals surface area contributed by atoms with Crippen molar-refractivity contribution in [3.63, 3.8) is 0 Å². The van der Waals surface area contributed by atoms with Crippen LogP contribution in [0.1, 0.15) is 28.8 Å². The van der Waals surface area contributed by atoms with Crippen molar-refractivity contribution in [2.24, 2.45) is 0 Å². The summed E-state index contributed by atoms with van der Waals surface area (Å²) in [4.78, 5) is 12.4. The summed E-state index contributed by atoms with van der Waals surface area (Å²) in [5.41, 5.74) is 1.88. The predicted octanol–water partition coefficient (Wildman–Crippen LogP) is 3.17. The van der Waals surface area contributed by atoms with Gasteiger partial charge < -0.3 is 14.8 Å². The number of hydrogen-bond acceptors (Lipinski definition) is 3. The van der Waals surface area contributed by atoms with Gasteiger partial charge in [-0.3, -0.25) is 4.79 Å². The Morgan fingerprint density at radius 3 is 2.35 bits per heavy atom. The Bertz CT molecular complexity index is 690. The van der Waals surface area contributed by atoms with Gasteiger partial charge in [0.15, 0.2) is 0 Å². The van der Waals surface area contributed by atoms with Gasteiger partial charge in [-0.1, -0.05) is 24.3 Å². The van der Waals surface area contributed by atoms with Crippen LogP contribution in [0.25, 0.3) is 0 Å². The molecule has 120 valence electrons. The van der Waals surface area contributed by atoms with Crippen LogP contribution in [0.3, 0.4) is 0 Å². The molecule has 2 aromatic carbocycles. The highest BCUT2D eigenvalue weighted by Crippen LogP contribution is 2.47. The van der Waals surface area contributed by atoms with Crippen LogP contribution < -0.4 is 14.8 Å². The highest BCUT2D eigenvalue weighted by molar-refractivity contribution is 5.97. The number of benzene rings is 2. The second kappa shape index (κ2) is 6.32. The van der Waals surface area contributed by atoms with Crippen molar-refractivity contribution < 1.29 is 14.3 Å². The summed E-state index contributed by atoms with van der Waals surface area (Å²) < 4.78 is 10.4. The monoisotopic (exact) mass is 311 g/mol. The first-order chi connectivity index (χ1) is 11.2. The summed E-state index contributed by atoms with van der Waals surface area (Å²) in [6.07, 6.45) is 2.18. The van der Waals surface area contributed by atoms with Crippen molar-refractivity contribution in [2.75, 3.05) is 20.8 Å². The van der Waals surface area contributed by atoms with Gasteiger partial charge in [-0.15, -0.1) is 0 Å². The van der Waals surface area contributed by atoms with Gasteiger partial charge >= 0.3 is 0 Å². The van der Waals surface area contributed by atoms with Crippen LogP contribution >= 0.6 is 0 Å². The van der Waals surface area contributed by atoms with Gasteiger partial charge in [-0.05, 0) is 42.7 Å². The van der Waals surface area contributed by atoms with Crippen molar-refractivity contribution in [1.29, 1.82) is 0 Å². The molecule has 4 nitrogen and oxygen atoms in total. The van der Waals surface area contributed by atoms with E-state index in [1.807, 2.05) is 24.3 Å². The molecule has 0 aliphatic heterocycles. The van der Waals surface area contributed by atoms with Crippen LogP contribution in [0.2, 0.25) is 0 Å². The molecule has 1 saturated carbocycles. The molecule has 3 rings (SSSR count). The van der Waals surface area contributed by atoms with Gasteiger partial charge in [0.2, 0.25) is 0 Å². The summed E-state index contributed by atoms with van der Waals surface area (Å²) in [6, 6.07) is 15.4. The second-order valence-corrected chi connectivity index (χ2v) is 5.89. The molecule has 0 atom stereocenters. The van der Waals surface area contributed by atoms with Gasteiger partial charge in [0.05, 0.1) is 19.8 Å². The van der Waals surface area contributed by atoms with E-state index >= 15 is 0 Å². The number of para-hydroxylation sites is 1. The fourth-order valence-electron chi connectivity index (χ4n) is 2.84. The molecule has 0 saturated heterocycles. The van der Waals surface area contributed by atoms with E-state index in [2.05, 4.69) is 17.4 Å². The Morgan fingerprint density at radius 2 is 1.74 bits per heavy atom. The second-order valence-electron chi connectivity index (χ2n) is 5.89. The highest BCUT2D eigenvalue weighted by Gasteiger charge is 2.44. The molecule has 1 amide bonds. The summed E-state index contributed by atoms with van der Waals surface area (Å²) in [7, 11) is 3.24. The number of hydrogen-bond donors (Lipinski definition) is 1. The third-order valence-corrected chi connectivity index (χ3v) is 4.49.